The number of carbonyl (C=O) groups is 1. The summed E-state index contributed by atoms with van der Waals surface area (Å²) in [5.74, 6) is -1.07. The van der Waals surface area contributed by atoms with Gasteiger partial charge in [-0.25, -0.2) is 4.39 Å². The molecule has 1 rings (SSSR count). The molecule has 0 aliphatic rings. The lowest BCUT2D eigenvalue weighted by molar-refractivity contribution is 0.0902. The second-order valence-electron chi connectivity index (χ2n) is 5.19. The maximum Gasteiger partial charge on any atom is 0.254 e. The number of benzene rings is 1. The van der Waals surface area contributed by atoms with Crippen molar-refractivity contribution >= 4 is 5.91 Å². The van der Waals surface area contributed by atoms with Crippen LogP contribution in [0.25, 0.3) is 0 Å². The third kappa shape index (κ3) is 4.17. The summed E-state index contributed by atoms with van der Waals surface area (Å²) in [4.78, 5) is 12.1. The molecule has 0 radical (unpaired) electrons. The summed E-state index contributed by atoms with van der Waals surface area (Å²) >= 11 is 0. The smallest absolute Gasteiger partial charge is 0.254 e. The van der Waals surface area contributed by atoms with E-state index in [1.54, 1.807) is 6.07 Å². The van der Waals surface area contributed by atoms with Crippen LogP contribution in [0.3, 0.4) is 0 Å². The number of aliphatic hydroxyl groups excluding tert-OH is 1. The Morgan fingerprint density at radius 1 is 1.38 bits per heavy atom. The minimum absolute atomic E-state index is 0.0283. The number of halogens is 1. The number of amides is 1. The quantitative estimate of drug-likeness (QED) is 0.775. The third-order valence-corrected chi connectivity index (χ3v) is 4.19. The molecule has 0 aromatic heterocycles. The first-order valence-corrected chi connectivity index (χ1v) is 7.25. The molecule has 0 aliphatic carbocycles. The van der Waals surface area contributed by atoms with Gasteiger partial charge in [0.2, 0.25) is 0 Å². The van der Waals surface area contributed by atoms with Gasteiger partial charge in [0.1, 0.15) is 0 Å². The summed E-state index contributed by atoms with van der Waals surface area (Å²) in [6.45, 7) is 4.54. The van der Waals surface area contributed by atoms with E-state index in [4.69, 9.17) is 9.84 Å². The van der Waals surface area contributed by atoms with Gasteiger partial charge in [-0.1, -0.05) is 19.9 Å². The number of hydrogen-bond acceptors (Lipinski definition) is 3. The van der Waals surface area contributed by atoms with Crippen LogP contribution in [0.4, 0.5) is 4.39 Å². The molecule has 1 aromatic carbocycles. The predicted octanol–water partition coefficient (Wildman–Crippen LogP) is 2.75. The van der Waals surface area contributed by atoms with Crippen LogP contribution < -0.4 is 10.1 Å². The van der Waals surface area contributed by atoms with Crippen LogP contribution >= 0.6 is 0 Å². The largest absolute Gasteiger partial charge is 0.494 e. The number of nitrogens with one attached hydrogen (secondary N) is 1. The Labute approximate surface area is 125 Å². The van der Waals surface area contributed by atoms with E-state index in [1.807, 2.05) is 13.8 Å². The highest BCUT2D eigenvalue weighted by Crippen LogP contribution is 2.29. The topological polar surface area (TPSA) is 58.6 Å². The molecule has 0 saturated carbocycles. The van der Waals surface area contributed by atoms with Crippen LogP contribution in [-0.2, 0) is 0 Å². The standard InChI is InChI=1S/C16H24FNO3/c1-4-16(5-2,9-10-19)11-18-15(20)12-7-6-8-13(21-3)14(12)17/h6-8,19H,4-5,9-11H2,1-3H3,(H,18,20). The van der Waals surface area contributed by atoms with Gasteiger partial charge < -0.3 is 15.2 Å². The molecule has 4 nitrogen and oxygen atoms in total. The van der Waals surface area contributed by atoms with Crippen LogP contribution in [0.5, 0.6) is 5.75 Å². The molecule has 0 saturated heterocycles. The van der Waals surface area contributed by atoms with Crippen molar-refractivity contribution in [3.8, 4) is 5.75 Å². The van der Waals surface area contributed by atoms with Gasteiger partial charge in [-0.15, -0.1) is 0 Å². The lowest BCUT2D eigenvalue weighted by Gasteiger charge is -2.31. The first-order valence-electron chi connectivity index (χ1n) is 7.25. The maximum atomic E-state index is 14.0. The van der Waals surface area contributed by atoms with Gasteiger partial charge in [-0.3, -0.25) is 4.79 Å². The van der Waals surface area contributed by atoms with E-state index in [1.165, 1.54) is 19.2 Å². The zero-order chi connectivity index (χ0) is 15.9. The fraction of sp³-hybridized carbons (Fsp3) is 0.562. The summed E-state index contributed by atoms with van der Waals surface area (Å²) in [5, 5.41) is 11.9. The average molecular weight is 297 g/mol. The highest BCUT2D eigenvalue weighted by atomic mass is 19.1. The number of rotatable bonds is 8. The van der Waals surface area contributed by atoms with E-state index in [0.717, 1.165) is 12.8 Å². The van der Waals surface area contributed by atoms with Crippen LogP contribution in [0.2, 0.25) is 0 Å². The first kappa shape index (κ1) is 17.4. The summed E-state index contributed by atoms with van der Waals surface area (Å²) < 4.78 is 18.9. The Kier molecular flexibility index (Phi) is 6.62. The van der Waals surface area contributed by atoms with E-state index < -0.39 is 11.7 Å². The van der Waals surface area contributed by atoms with E-state index in [-0.39, 0.29) is 23.3 Å². The normalized spacial score (nSPS) is 11.3. The zero-order valence-electron chi connectivity index (χ0n) is 12.9. The van der Waals surface area contributed by atoms with Gasteiger partial charge in [0.15, 0.2) is 11.6 Å². The Hall–Kier alpha value is -1.62. The van der Waals surface area contributed by atoms with E-state index in [0.29, 0.717) is 13.0 Å². The second kappa shape index (κ2) is 7.98. The molecule has 0 atom stereocenters. The van der Waals surface area contributed by atoms with Crippen LogP contribution in [0.15, 0.2) is 18.2 Å². The number of methoxy groups -OCH3 is 1. The number of aliphatic hydroxyl groups is 1. The molecule has 0 bridgehead atoms. The lowest BCUT2D eigenvalue weighted by atomic mass is 9.79. The third-order valence-electron chi connectivity index (χ3n) is 4.19. The van der Waals surface area contributed by atoms with Crippen LogP contribution in [-0.4, -0.2) is 31.3 Å². The summed E-state index contributed by atoms with van der Waals surface area (Å²) in [5.41, 5.74) is -0.181. The van der Waals surface area contributed by atoms with Crippen molar-refractivity contribution in [1.82, 2.24) is 5.32 Å². The molecule has 21 heavy (non-hydrogen) atoms. The highest BCUT2D eigenvalue weighted by Gasteiger charge is 2.27. The number of hydrogen-bond donors (Lipinski definition) is 2. The number of ether oxygens (including phenoxy) is 1. The molecule has 1 amide bonds. The Bertz CT molecular complexity index is 473. The average Bonchev–Trinajstić information content (AvgIpc) is 2.51. The van der Waals surface area contributed by atoms with Crippen molar-refractivity contribution in [3.63, 3.8) is 0 Å². The molecule has 2 N–H and O–H groups in total. The van der Waals surface area contributed by atoms with Crippen molar-refractivity contribution in [3.05, 3.63) is 29.6 Å². The van der Waals surface area contributed by atoms with Gasteiger partial charge in [-0.05, 0) is 36.8 Å². The fourth-order valence-corrected chi connectivity index (χ4v) is 2.39. The molecular weight excluding hydrogens is 273 g/mol. The molecule has 1 aromatic rings. The highest BCUT2D eigenvalue weighted by molar-refractivity contribution is 5.94. The van der Waals surface area contributed by atoms with E-state index >= 15 is 0 Å². The molecule has 0 aliphatic heterocycles. The van der Waals surface area contributed by atoms with Gasteiger partial charge in [0.05, 0.1) is 12.7 Å². The zero-order valence-corrected chi connectivity index (χ0v) is 12.9. The summed E-state index contributed by atoms with van der Waals surface area (Å²) in [7, 11) is 1.36. The molecule has 0 spiro atoms. The van der Waals surface area contributed by atoms with Gasteiger partial charge in [-0.2, -0.15) is 0 Å². The Morgan fingerprint density at radius 2 is 2.05 bits per heavy atom. The van der Waals surface area contributed by atoms with Gasteiger partial charge in [0.25, 0.3) is 5.91 Å². The van der Waals surface area contributed by atoms with Crippen LogP contribution in [0, 0.1) is 11.2 Å². The van der Waals surface area contributed by atoms with Gasteiger partial charge >= 0.3 is 0 Å². The van der Waals surface area contributed by atoms with Gasteiger partial charge in [0, 0.05) is 13.2 Å². The lowest BCUT2D eigenvalue weighted by Crippen LogP contribution is -2.38. The summed E-state index contributed by atoms with van der Waals surface area (Å²) in [6.07, 6.45) is 2.29. The Balaban J connectivity index is 2.82. The second-order valence-corrected chi connectivity index (χ2v) is 5.19. The van der Waals surface area contributed by atoms with E-state index in [9.17, 15) is 9.18 Å². The maximum absolute atomic E-state index is 14.0. The minimum atomic E-state index is -0.654. The first-order chi connectivity index (χ1) is 10.0. The molecule has 0 fully saturated rings. The van der Waals surface area contributed by atoms with Crippen molar-refractivity contribution < 1.29 is 19.0 Å². The van der Waals surface area contributed by atoms with Crippen molar-refractivity contribution in [1.29, 1.82) is 0 Å². The molecule has 5 heteroatoms. The predicted molar refractivity (Wildman–Crippen MR) is 80.0 cm³/mol. The van der Waals surface area contributed by atoms with E-state index in [2.05, 4.69) is 5.32 Å². The number of carbonyl (C=O) groups excluding carboxylic acids is 1. The fourth-order valence-electron chi connectivity index (χ4n) is 2.39. The van der Waals surface area contributed by atoms with Crippen molar-refractivity contribution in [2.75, 3.05) is 20.3 Å². The minimum Gasteiger partial charge on any atom is -0.494 e. The molecule has 0 heterocycles. The monoisotopic (exact) mass is 297 g/mol. The molecule has 118 valence electrons. The molecular formula is C16H24FNO3. The van der Waals surface area contributed by atoms with Crippen molar-refractivity contribution in [2.45, 2.75) is 33.1 Å². The summed E-state index contributed by atoms with van der Waals surface area (Å²) in [6, 6.07) is 4.48. The molecule has 0 unspecified atom stereocenters. The van der Waals surface area contributed by atoms with Crippen LogP contribution in [0.1, 0.15) is 43.5 Å². The Morgan fingerprint density at radius 3 is 2.57 bits per heavy atom. The SMILES string of the molecule is CCC(CC)(CCO)CNC(=O)c1cccc(OC)c1F. The van der Waals surface area contributed by atoms with Crippen molar-refractivity contribution in [2.24, 2.45) is 5.41 Å².